The fourth-order valence-corrected chi connectivity index (χ4v) is 4.11. The summed E-state index contributed by atoms with van der Waals surface area (Å²) < 4.78 is 0. The number of nitrogens with zero attached hydrogens (tertiary/aromatic N) is 1. The highest BCUT2D eigenvalue weighted by molar-refractivity contribution is 5.79. The van der Waals surface area contributed by atoms with Crippen molar-refractivity contribution in [3.63, 3.8) is 0 Å². The van der Waals surface area contributed by atoms with Crippen molar-refractivity contribution in [2.24, 2.45) is 11.8 Å². The average molecular weight is 379 g/mol. The molecule has 1 saturated heterocycles. The molecule has 2 aromatic rings. The Hall–Kier alpha value is -2.13. The van der Waals surface area contributed by atoms with Crippen LogP contribution in [0.2, 0.25) is 0 Å². The third-order valence-electron chi connectivity index (χ3n) is 5.84. The van der Waals surface area contributed by atoms with Crippen LogP contribution in [0.15, 0.2) is 54.6 Å². The summed E-state index contributed by atoms with van der Waals surface area (Å²) in [4.78, 5) is 15.4. The van der Waals surface area contributed by atoms with Crippen LogP contribution in [0.1, 0.15) is 55.8 Å². The molecule has 3 heteroatoms. The summed E-state index contributed by atoms with van der Waals surface area (Å²) in [5.41, 5.74) is 3.95. The number of piperidine rings is 1. The lowest BCUT2D eigenvalue weighted by Crippen LogP contribution is -2.41. The molecule has 28 heavy (non-hydrogen) atoms. The summed E-state index contributed by atoms with van der Waals surface area (Å²) in [7, 11) is 0. The van der Waals surface area contributed by atoms with Crippen LogP contribution in [0.25, 0.3) is 0 Å². The highest BCUT2D eigenvalue weighted by atomic mass is 16.1. The van der Waals surface area contributed by atoms with Crippen molar-refractivity contribution in [2.45, 2.75) is 52.6 Å². The van der Waals surface area contributed by atoms with Gasteiger partial charge in [0.25, 0.3) is 0 Å². The maximum Gasteiger partial charge on any atom is 0.223 e. The number of rotatable bonds is 7. The van der Waals surface area contributed by atoms with Gasteiger partial charge in [0, 0.05) is 12.5 Å². The molecule has 1 amide bonds. The van der Waals surface area contributed by atoms with Crippen molar-refractivity contribution in [3.05, 3.63) is 71.3 Å². The van der Waals surface area contributed by atoms with E-state index in [9.17, 15) is 4.79 Å². The SMILES string of the molecule is Cc1ccccc1CN1CCC(C(=O)N[C@@H](CC(C)C)c2ccccc2)CC1. The molecular formula is C25H34N2O. The number of benzene rings is 2. The Morgan fingerprint density at radius 2 is 1.68 bits per heavy atom. The number of carbonyl (C=O) groups excluding carboxylic acids is 1. The van der Waals surface area contributed by atoms with Gasteiger partial charge in [-0.2, -0.15) is 0 Å². The number of amides is 1. The molecule has 3 nitrogen and oxygen atoms in total. The zero-order valence-corrected chi connectivity index (χ0v) is 17.5. The first-order valence-corrected chi connectivity index (χ1v) is 10.6. The van der Waals surface area contributed by atoms with Gasteiger partial charge in [-0.3, -0.25) is 9.69 Å². The molecule has 0 radical (unpaired) electrons. The minimum Gasteiger partial charge on any atom is -0.349 e. The Balaban J connectivity index is 1.54. The zero-order chi connectivity index (χ0) is 19.9. The van der Waals surface area contributed by atoms with Crippen LogP contribution in [-0.4, -0.2) is 23.9 Å². The first kappa shape index (κ1) is 20.6. The van der Waals surface area contributed by atoms with Gasteiger partial charge in [-0.05, 0) is 61.9 Å². The van der Waals surface area contributed by atoms with Crippen LogP contribution < -0.4 is 5.32 Å². The first-order chi connectivity index (χ1) is 13.5. The van der Waals surface area contributed by atoms with Crippen molar-refractivity contribution < 1.29 is 4.79 Å². The Morgan fingerprint density at radius 1 is 1.04 bits per heavy atom. The Morgan fingerprint density at radius 3 is 2.32 bits per heavy atom. The van der Waals surface area contributed by atoms with Gasteiger partial charge in [-0.1, -0.05) is 68.4 Å². The summed E-state index contributed by atoms with van der Waals surface area (Å²) in [5, 5.41) is 3.35. The molecule has 1 atom stereocenters. The van der Waals surface area contributed by atoms with Gasteiger partial charge in [-0.25, -0.2) is 0 Å². The standard InChI is InChI=1S/C25H34N2O/c1-19(2)17-24(21-10-5-4-6-11-21)26-25(28)22-13-15-27(16-14-22)18-23-12-8-7-9-20(23)3/h4-12,19,22,24H,13-18H2,1-3H3,(H,26,28)/t24-/m0/s1. The van der Waals surface area contributed by atoms with E-state index in [0.717, 1.165) is 38.9 Å². The minimum atomic E-state index is 0.110. The van der Waals surface area contributed by atoms with Crippen molar-refractivity contribution in [2.75, 3.05) is 13.1 Å². The van der Waals surface area contributed by atoms with Crippen LogP contribution in [-0.2, 0) is 11.3 Å². The van der Waals surface area contributed by atoms with Crippen molar-refractivity contribution >= 4 is 5.91 Å². The predicted molar refractivity (Wildman–Crippen MR) is 116 cm³/mol. The average Bonchev–Trinajstić information content (AvgIpc) is 2.70. The van der Waals surface area contributed by atoms with Gasteiger partial charge in [0.2, 0.25) is 5.91 Å². The van der Waals surface area contributed by atoms with Gasteiger partial charge in [0.1, 0.15) is 0 Å². The number of hydrogen-bond acceptors (Lipinski definition) is 2. The van der Waals surface area contributed by atoms with Gasteiger partial charge in [0.15, 0.2) is 0 Å². The van der Waals surface area contributed by atoms with Crippen LogP contribution in [0, 0.1) is 18.8 Å². The zero-order valence-electron chi connectivity index (χ0n) is 17.5. The molecule has 1 aliphatic rings. The number of aryl methyl sites for hydroxylation is 1. The van der Waals surface area contributed by atoms with E-state index < -0.39 is 0 Å². The fourth-order valence-electron chi connectivity index (χ4n) is 4.11. The molecule has 1 fully saturated rings. The molecular weight excluding hydrogens is 344 g/mol. The molecule has 3 rings (SSSR count). The molecule has 0 aromatic heterocycles. The van der Waals surface area contributed by atoms with E-state index in [1.807, 2.05) is 6.07 Å². The van der Waals surface area contributed by atoms with Crippen LogP contribution >= 0.6 is 0 Å². The van der Waals surface area contributed by atoms with E-state index >= 15 is 0 Å². The summed E-state index contributed by atoms with van der Waals surface area (Å²) in [5.74, 6) is 0.901. The van der Waals surface area contributed by atoms with E-state index in [0.29, 0.717) is 5.92 Å². The van der Waals surface area contributed by atoms with E-state index in [2.05, 4.69) is 79.5 Å². The van der Waals surface area contributed by atoms with Crippen LogP contribution in [0.4, 0.5) is 0 Å². The molecule has 0 spiro atoms. The molecule has 0 unspecified atom stereocenters. The number of nitrogens with one attached hydrogen (secondary N) is 1. The van der Waals surface area contributed by atoms with Gasteiger partial charge in [-0.15, -0.1) is 0 Å². The molecule has 1 heterocycles. The van der Waals surface area contributed by atoms with E-state index in [4.69, 9.17) is 0 Å². The van der Waals surface area contributed by atoms with Gasteiger partial charge in [0.05, 0.1) is 6.04 Å². The lowest BCUT2D eigenvalue weighted by molar-refractivity contribution is -0.127. The monoisotopic (exact) mass is 378 g/mol. The van der Waals surface area contributed by atoms with Gasteiger partial charge < -0.3 is 5.32 Å². The highest BCUT2D eigenvalue weighted by Crippen LogP contribution is 2.25. The van der Waals surface area contributed by atoms with Crippen molar-refractivity contribution in [3.8, 4) is 0 Å². The quantitative estimate of drug-likeness (QED) is 0.726. The van der Waals surface area contributed by atoms with E-state index in [1.54, 1.807) is 0 Å². The summed E-state index contributed by atoms with van der Waals surface area (Å²) in [6, 6.07) is 19.1. The van der Waals surface area contributed by atoms with E-state index in [1.165, 1.54) is 16.7 Å². The number of likely N-dealkylation sites (tertiary alicyclic amines) is 1. The summed E-state index contributed by atoms with van der Waals surface area (Å²) in [6.45, 7) is 9.58. The minimum absolute atomic E-state index is 0.110. The second-order valence-corrected chi connectivity index (χ2v) is 8.58. The normalized spacial score (nSPS) is 16.9. The van der Waals surface area contributed by atoms with E-state index in [-0.39, 0.29) is 17.9 Å². The largest absolute Gasteiger partial charge is 0.349 e. The van der Waals surface area contributed by atoms with Crippen molar-refractivity contribution in [1.29, 1.82) is 0 Å². The third-order valence-corrected chi connectivity index (χ3v) is 5.84. The summed E-state index contributed by atoms with van der Waals surface area (Å²) in [6.07, 6.45) is 2.86. The van der Waals surface area contributed by atoms with Crippen LogP contribution in [0.3, 0.4) is 0 Å². The smallest absolute Gasteiger partial charge is 0.223 e. The molecule has 1 aliphatic heterocycles. The Labute approximate surface area is 170 Å². The second kappa shape index (κ2) is 9.88. The lowest BCUT2D eigenvalue weighted by atomic mass is 9.92. The molecule has 2 aromatic carbocycles. The third kappa shape index (κ3) is 5.68. The van der Waals surface area contributed by atoms with Crippen LogP contribution in [0.5, 0.6) is 0 Å². The van der Waals surface area contributed by atoms with Crippen molar-refractivity contribution in [1.82, 2.24) is 10.2 Å². The number of carbonyl (C=O) groups is 1. The van der Waals surface area contributed by atoms with Gasteiger partial charge >= 0.3 is 0 Å². The molecule has 150 valence electrons. The maximum absolute atomic E-state index is 13.0. The molecule has 0 bridgehead atoms. The Bertz CT molecular complexity index is 748. The molecule has 0 saturated carbocycles. The maximum atomic E-state index is 13.0. The molecule has 1 N–H and O–H groups in total. The first-order valence-electron chi connectivity index (χ1n) is 10.6. The second-order valence-electron chi connectivity index (χ2n) is 8.58. The molecule has 0 aliphatic carbocycles. The fraction of sp³-hybridized carbons (Fsp3) is 0.480. The lowest BCUT2D eigenvalue weighted by Gasteiger charge is -2.32. The predicted octanol–water partition coefficient (Wildman–Crippen LogP) is 5.11. The Kier molecular flexibility index (Phi) is 7.27. The number of hydrogen-bond donors (Lipinski definition) is 1. The summed E-state index contributed by atoms with van der Waals surface area (Å²) >= 11 is 0. The highest BCUT2D eigenvalue weighted by Gasteiger charge is 2.27. The topological polar surface area (TPSA) is 32.3 Å².